The average molecular weight is 254 g/mol. The number of nitrogens with one attached hydrogen (secondary N) is 1. The molecule has 2 nitrogen and oxygen atoms in total. The lowest BCUT2D eigenvalue weighted by Gasteiger charge is -2.24. The molecule has 2 aromatic rings. The van der Waals surface area contributed by atoms with E-state index in [4.69, 9.17) is 0 Å². The van der Waals surface area contributed by atoms with E-state index in [2.05, 4.69) is 50.1 Å². The molecule has 2 heteroatoms. The smallest absolute Gasteiger partial charge is 0.0594 e. The lowest BCUT2D eigenvalue weighted by molar-refractivity contribution is 0.678. The molecule has 0 spiro atoms. The second kappa shape index (κ2) is 5.54. The zero-order valence-electron chi connectivity index (χ0n) is 12.4. The molecule has 0 radical (unpaired) electrons. The molecule has 1 N–H and O–H groups in total. The number of aromatic nitrogens is 1. The van der Waals surface area contributed by atoms with Gasteiger partial charge in [-0.05, 0) is 74.2 Å². The van der Waals surface area contributed by atoms with E-state index in [-0.39, 0.29) is 6.04 Å². The Hall–Kier alpha value is -1.67. The van der Waals surface area contributed by atoms with Crippen molar-refractivity contribution in [1.82, 2.24) is 10.3 Å². The summed E-state index contributed by atoms with van der Waals surface area (Å²) in [6.07, 6.45) is 3.76. The van der Waals surface area contributed by atoms with Crippen LogP contribution in [0.1, 0.15) is 39.4 Å². The van der Waals surface area contributed by atoms with Crippen molar-refractivity contribution in [3.05, 3.63) is 64.0 Å². The van der Waals surface area contributed by atoms with Crippen LogP contribution in [0.4, 0.5) is 0 Å². The van der Waals surface area contributed by atoms with Crippen molar-refractivity contribution in [3.8, 4) is 0 Å². The minimum Gasteiger partial charge on any atom is -0.309 e. The summed E-state index contributed by atoms with van der Waals surface area (Å²) in [5, 5.41) is 3.43. The van der Waals surface area contributed by atoms with Crippen LogP contribution in [0.15, 0.2) is 30.6 Å². The molecule has 0 bridgehead atoms. The van der Waals surface area contributed by atoms with Gasteiger partial charge in [-0.25, -0.2) is 0 Å². The minimum absolute atomic E-state index is 0.201. The Balaban J connectivity index is 2.62. The van der Waals surface area contributed by atoms with Crippen molar-refractivity contribution in [2.24, 2.45) is 0 Å². The van der Waals surface area contributed by atoms with Gasteiger partial charge in [-0.1, -0.05) is 12.1 Å². The third-order valence-corrected chi connectivity index (χ3v) is 4.02. The standard InChI is InChI=1S/C17H22N2/c1-11-9-12(2)14(4)16(13(11)3)17(18-5)15-7-6-8-19-10-15/h6-10,17-18H,1-5H3. The normalized spacial score (nSPS) is 12.5. The van der Waals surface area contributed by atoms with Crippen LogP contribution < -0.4 is 5.32 Å². The van der Waals surface area contributed by atoms with Crippen LogP contribution in [0.3, 0.4) is 0 Å². The number of aryl methyl sites for hydroxylation is 2. The third-order valence-electron chi connectivity index (χ3n) is 4.02. The highest BCUT2D eigenvalue weighted by molar-refractivity contribution is 5.48. The summed E-state index contributed by atoms with van der Waals surface area (Å²) in [6.45, 7) is 8.78. The first-order valence-corrected chi connectivity index (χ1v) is 6.70. The maximum Gasteiger partial charge on any atom is 0.0594 e. The van der Waals surface area contributed by atoms with E-state index < -0.39 is 0 Å². The second-order valence-corrected chi connectivity index (χ2v) is 5.18. The average Bonchev–Trinajstić information content (AvgIpc) is 2.42. The predicted molar refractivity (Wildman–Crippen MR) is 80.5 cm³/mol. The van der Waals surface area contributed by atoms with Gasteiger partial charge in [0.25, 0.3) is 0 Å². The van der Waals surface area contributed by atoms with Crippen LogP contribution in [-0.2, 0) is 0 Å². The molecule has 0 amide bonds. The van der Waals surface area contributed by atoms with Crippen LogP contribution in [0.25, 0.3) is 0 Å². The van der Waals surface area contributed by atoms with Crippen molar-refractivity contribution < 1.29 is 0 Å². The van der Waals surface area contributed by atoms with Gasteiger partial charge in [-0.2, -0.15) is 0 Å². The van der Waals surface area contributed by atoms with Gasteiger partial charge in [-0.15, -0.1) is 0 Å². The summed E-state index contributed by atoms with van der Waals surface area (Å²) in [7, 11) is 2.01. The van der Waals surface area contributed by atoms with Gasteiger partial charge in [0.15, 0.2) is 0 Å². The van der Waals surface area contributed by atoms with Gasteiger partial charge in [0.1, 0.15) is 0 Å². The number of pyridine rings is 1. The number of nitrogens with zero attached hydrogens (tertiary/aromatic N) is 1. The molecular formula is C17H22N2. The lowest BCUT2D eigenvalue weighted by Crippen LogP contribution is -2.20. The van der Waals surface area contributed by atoms with E-state index in [1.807, 2.05) is 25.5 Å². The van der Waals surface area contributed by atoms with Crippen LogP contribution in [-0.4, -0.2) is 12.0 Å². The van der Waals surface area contributed by atoms with Gasteiger partial charge in [0, 0.05) is 12.4 Å². The molecule has 100 valence electrons. The molecule has 0 saturated carbocycles. The summed E-state index contributed by atoms with van der Waals surface area (Å²) < 4.78 is 0. The number of benzene rings is 1. The van der Waals surface area contributed by atoms with Crippen molar-refractivity contribution >= 4 is 0 Å². The molecule has 19 heavy (non-hydrogen) atoms. The molecule has 1 heterocycles. The summed E-state index contributed by atoms with van der Waals surface area (Å²) >= 11 is 0. The van der Waals surface area contributed by atoms with Crippen LogP contribution in [0, 0.1) is 27.7 Å². The Labute approximate surface area is 115 Å². The van der Waals surface area contributed by atoms with E-state index in [1.54, 1.807) is 0 Å². The first kappa shape index (κ1) is 13.8. The highest BCUT2D eigenvalue weighted by atomic mass is 14.9. The monoisotopic (exact) mass is 254 g/mol. The predicted octanol–water partition coefficient (Wildman–Crippen LogP) is 3.62. The Bertz CT molecular complexity index is 547. The van der Waals surface area contributed by atoms with Gasteiger partial charge >= 0.3 is 0 Å². The SMILES string of the molecule is CNC(c1cccnc1)c1c(C)c(C)cc(C)c1C. The van der Waals surface area contributed by atoms with Crippen LogP contribution >= 0.6 is 0 Å². The van der Waals surface area contributed by atoms with Gasteiger partial charge < -0.3 is 5.32 Å². The maximum absolute atomic E-state index is 4.24. The number of hydrogen-bond acceptors (Lipinski definition) is 2. The summed E-state index contributed by atoms with van der Waals surface area (Å²) in [6, 6.07) is 6.59. The topological polar surface area (TPSA) is 24.9 Å². The molecule has 1 unspecified atom stereocenters. The molecule has 1 atom stereocenters. The van der Waals surface area contributed by atoms with Gasteiger partial charge in [0.2, 0.25) is 0 Å². The fourth-order valence-corrected chi connectivity index (χ4v) is 2.70. The fraction of sp³-hybridized carbons (Fsp3) is 0.353. The highest BCUT2D eigenvalue weighted by Crippen LogP contribution is 2.30. The maximum atomic E-state index is 4.24. The van der Waals surface area contributed by atoms with E-state index in [1.165, 1.54) is 33.4 Å². The molecule has 0 saturated heterocycles. The Morgan fingerprint density at radius 2 is 1.68 bits per heavy atom. The Morgan fingerprint density at radius 1 is 1.05 bits per heavy atom. The quantitative estimate of drug-likeness (QED) is 0.905. The van der Waals surface area contributed by atoms with Crippen LogP contribution in [0.5, 0.6) is 0 Å². The highest BCUT2D eigenvalue weighted by Gasteiger charge is 2.18. The van der Waals surface area contributed by atoms with E-state index in [9.17, 15) is 0 Å². The first-order valence-electron chi connectivity index (χ1n) is 6.70. The Morgan fingerprint density at radius 3 is 2.16 bits per heavy atom. The second-order valence-electron chi connectivity index (χ2n) is 5.18. The summed E-state index contributed by atoms with van der Waals surface area (Å²) in [5.74, 6) is 0. The van der Waals surface area contributed by atoms with E-state index in [0.717, 1.165) is 0 Å². The summed E-state index contributed by atoms with van der Waals surface area (Å²) in [4.78, 5) is 4.24. The minimum atomic E-state index is 0.201. The zero-order valence-corrected chi connectivity index (χ0v) is 12.4. The van der Waals surface area contributed by atoms with E-state index >= 15 is 0 Å². The molecule has 2 rings (SSSR count). The van der Waals surface area contributed by atoms with Crippen LogP contribution in [0.2, 0.25) is 0 Å². The molecule has 0 aliphatic rings. The van der Waals surface area contributed by atoms with Crippen molar-refractivity contribution in [3.63, 3.8) is 0 Å². The zero-order chi connectivity index (χ0) is 14.0. The fourth-order valence-electron chi connectivity index (χ4n) is 2.70. The van der Waals surface area contributed by atoms with Gasteiger partial charge in [-0.3, -0.25) is 4.98 Å². The Kier molecular flexibility index (Phi) is 4.01. The largest absolute Gasteiger partial charge is 0.309 e. The molecule has 0 aliphatic heterocycles. The third kappa shape index (κ3) is 2.54. The van der Waals surface area contributed by atoms with Crippen molar-refractivity contribution in [2.75, 3.05) is 7.05 Å². The lowest BCUT2D eigenvalue weighted by atomic mass is 9.87. The number of hydrogen-bond donors (Lipinski definition) is 1. The molecule has 0 fully saturated rings. The first-order chi connectivity index (χ1) is 9.06. The molecule has 1 aromatic carbocycles. The van der Waals surface area contributed by atoms with Crippen molar-refractivity contribution in [2.45, 2.75) is 33.7 Å². The molecular weight excluding hydrogens is 232 g/mol. The van der Waals surface area contributed by atoms with E-state index in [0.29, 0.717) is 0 Å². The van der Waals surface area contributed by atoms with Crippen molar-refractivity contribution in [1.29, 1.82) is 0 Å². The van der Waals surface area contributed by atoms with Gasteiger partial charge in [0.05, 0.1) is 6.04 Å². The number of rotatable bonds is 3. The molecule has 1 aromatic heterocycles. The molecule has 0 aliphatic carbocycles. The summed E-state index contributed by atoms with van der Waals surface area (Å²) in [5.41, 5.74) is 8.02.